The van der Waals surface area contributed by atoms with Gasteiger partial charge in [0.05, 0.1) is 0 Å². The molecule has 2 atom stereocenters. The van der Waals surface area contributed by atoms with E-state index >= 15 is 0 Å². The molecule has 0 aliphatic heterocycles. The average Bonchev–Trinajstić information content (AvgIpc) is 3.19. The standard InChI is InChI=1S/C28H32/c1-19-16-23(28(3,4)5)18-22(19)14-15-24-20(2)17-27-25(12-9-13-26(24)27)21-10-7-6-8-11-21/h6-13,16-18,22,24H,14-15H2,1-5H3. The third-order valence-electron chi connectivity index (χ3n) is 6.50. The van der Waals surface area contributed by atoms with Crippen molar-refractivity contribution >= 4 is 6.08 Å². The molecule has 4 rings (SSSR count). The lowest BCUT2D eigenvalue weighted by Gasteiger charge is -2.19. The minimum Gasteiger partial charge on any atom is -0.0736 e. The van der Waals surface area contributed by atoms with Crippen molar-refractivity contribution < 1.29 is 0 Å². The molecule has 0 aromatic heterocycles. The summed E-state index contributed by atoms with van der Waals surface area (Å²) in [5.41, 5.74) is 10.4. The van der Waals surface area contributed by atoms with E-state index in [9.17, 15) is 0 Å². The molecule has 0 fully saturated rings. The zero-order chi connectivity index (χ0) is 19.9. The Morgan fingerprint density at radius 3 is 2.21 bits per heavy atom. The Balaban J connectivity index is 1.56. The van der Waals surface area contributed by atoms with E-state index in [1.54, 1.807) is 0 Å². The summed E-state index contributed by atoms with van der Waals surface area (Å²) in [6.07, 6.45) is 9.81. The monoisotopic (exact) mass is 368 g/mol. The molecule has 0 nitrogen and oxygen atoms in total. The molecule has 2 aromatic carbocycles. The second kappa shape index (κ2) is 7.24. The second-order valence-corrected chi connectivity index (χ2v) is 9.56. The predicted octanol–water partition coefficient (Wildman–Crippen LogP) is 8.18. The summed E-state index contributed by atoms with van der Waals surface area (Å²) in [7, 11) is 0. The second-order valence-electron chi connectivity index (χ2n) is 9.56. The van der Waals surface area contributed by atoms with E-state index < -0.39 is 0 Å². The van der Waals surface area contributed by atoms with Crippen LogP contribution in [0.25, 0.3) is 17.2 Å². The quantitative estimate of drug-likeness (QED) is 0.510. The molecule has 0 heterocycles. The van der Waals surface area contributed by atoms with E-state index in [0.29, 0.717) is 11.8 Å². The molecule has 2 unspecified atom stereocenters. The molecule has 0 saturated heterocycles. The minimum absolute atomic E-state index is 0.246. The number of hydrogen-bond donors (Lipinski definition) is 0. The zero-order valence-electron chi connectivity index (χ0n) is 17.9. The molecule has 0 radical (unpaired) electrons. The molecule has 0 saturated carbocycles. The number of fused-ring (bicyclic) bond motifs is 1. The van der Waals surface area contributed by atoms with E-state index in [1.807, 2.05) is 0 Å². The molecule has 28 heavy (non-hydrogen) atoms. The molecule has 0 spiro atoms. The lowest BCUT2D eigenvalue weighted by molar-refractivity contribution is 0.513. The van der Waals surface area contributed by atoms with Crippen molar-refractivity contribution in [3.05, 3.63) is 88.5 Å². The van der Waals surface area contributed by atoms with Gasteiger partial charge in [0.15, 0.2) is 0 Å². The number of benzene rings is 2. The lowest BCUT2D eigenvalue weighted by Crippen LogP contribution is -2.06. The van der Waals surface area contributed by atoms with Crippen molar-refractivity contribution in [1.29, 1.82) is 0 Å². The van der Waals surface area contributed by atoms with Gasteiger partial charge in [0.25, 0.3) is 0 Å². The fourth-order valence-electron chi connectivity index (χ4n) is 4.75. The Morgan fingerprint density at radius 1 is 0.786 bits per heavy atom. The van der Waals surface area contributed by atoms with Crippen LogP contribution in [0.1, 0.15) is 64.5 Å². The van der Waals surface area contributed by atoms with Crippen molar-refractivity contribution in [2.75, 3.05) is 0 Å². The topological polar surface area (TPSA) is 0 Å². The molecule has 0 heteroatoms. The van der Waals surface area contributed by atoms with Gasteiger partial charge >= 0.3 is 0 Å². The van der Waals surface area contributed by atoms with E-state index in [2.05, 4.69) is 101 Å². The van der Waals surface area contributed by atoms with E-state index in [1.165, 1.54) is 51.8 Å². The van der Waals surface area contributed by atoms with E-state index in [0.717, 1.165) is 0 Å². The maximum atomic E-state index is 2.52. The van der Waals surface area contributed by atoms with Crippen molar-refractivity contribution in [1.82, 2.24) is 0 Å². The first kappa shape index (κ1) is 19.0. The maximum Gasteiger partial charge on any atom is 0.00552 e. The van der Waals surface area contributed by atoms with Crippen LogP contribution >= 0.6 is 0 Å². The van der Waals surface area contributed by atoms with Crippen LogP contribution in [0.2, 0.25) is 0 Å². The first-order chi connectivity index (χ1) is 13.3. The van der Waals surface area contributed by atoms with E-state index in [-0.39, 0.29) is 5.41 Å². The van der Waals surface area contributed by atoms with Gasteiger partial charge in [0, 0.05) is 5.92 Å². The summed E-state index contributed by atoms with van der Waals surface area (Å²) in [4.78, 5) is 0. The summed E-state index contributed by atoms with van der Waals surface area (Å²) in [5.74, 6) is 1.15. The van der Waals surface area contributed by atoms with Gasteiger partial charge in [-0.3, -0.25) is 0 Å². The smallest absolute Gasteiger partial charge is 0.00552 e. The van der Waals surface area contributed by atoms with Crippen LogP contribution in [-0.4, -0.2) is 0 Å². The number of allylic oxidation sites excluding steroid dienone is 5. The normalized spacial score (nSPS) is 21.2. The molecule has 144 valence electrons. The predicted molar refractivity (Wildman–Crippen MR) is 122 cm³/mol. The van der Waals surface area contributed by atoms with Crippen LogP contribution in [-0.2, 0) is 0 Å². The van der Waals surface area contributed by atoms with Crippen LogP contribution in [0.5, 0.6) is 0 Å². The molecule has 2 aliphatic rings. The molecule has 0 N–H and O–H groups in total. The average molecular weight is 369 g/mol. The van der Waals surface area contributed by atoms with Gasteiger partial charge in [-0.2, -0.15) is 0 Å². The van der Waals surface area contributed by atoms with Gasteiger partial charge < -0.3 is 0 Å². The van der Waals surface area contributed by atoms with E-state index in [4.69, 9.17) is 0 Å². The Bertz CT molecular complexity index is 961. The molecule has 0 amide bonds. The van der Waals surface area contributed by atoms with Crippen molar-refractivity contribution in [2.24, 2.45) is 11.3 Å². The molecule has 2 aliphatic carbocycles. The fourth-order valence-corrected chi connectivity index (χ4v) is 4.75. The third-order valence-corrected chi connectivity index (χ3v) is 6.50. The van der Waals surface area contributed by atoms with Gasteiger partial charge in [0.2, 0.25) is 0 Å². The Kier molecular flexibility index (Phi) is 4.91. The SMILES string of the molecule is CC1=CC(C(C)(C)C)=CC1CCC1C(C)=Cc2c(-c3ccccc3)cccc21. The largest absolute Gasteiger partial charge is 0.0736 e. The maximum absolute atomic E-state index is 2.52. The molecule has 2 aromatic rings. The fraction of sp³-hybridized carbons (Fsp3) is 0.357. The molecule has 0 bridgehead atoms. The van der Waals surface area contributed by atoms with Crippen LogP contribution in [0.15, 0.2) is 77.4 Å². The van der Waals surface area contributed by atoms with Gasteiger partial charge in [-0.25, -0.2) is 0 Å². The first-order valence-electron chi connectivity index (χ1n) is 10.6. The lowest BCUT2D eigenvalue weighted by atomic mass is 9.85. The Hall–Kier alpha value is -2.34. The van der Waals surface area contributed by atoms with Crippen molar-refractivity contribution in [3.63, 3.8) is 0 Å². The first-order valence-corrected chi connectivity index (χ1v) is 10.6. The van der Waals surface area contributed by atoms with Crippen molar-refractivity contribution in [2.45, 2.75) is 53.4 Å². The van der Waals surface area contributed by atoms with Crippen LogP contribution in [0.3, 0.4) is 0 Å². The zero-order valence-corrected chi connectivity index (χ0v) is 17.9. The van der Waals surface area contributed by atoms with Crippen molar-refractivity contribution in [3.8, 4) is 11.1 Å². The summed E-state index contributed by atoms with van der Waals surface area (Å²) < 4.78 is 0. The van der Waals surface area contributed by atoms with Crippen LogP contribution in [0, 0.1) is 11.3 Å². The Labute approximate surface area is 170 Å². The highest BCUT2D eigenvalue weighted by atomic mass is 14.3. The third kappa shape index (κ3) is 3.53. The van der Waals surface area contributed by atoms with Gasteiger partial charge in [-0.15, -0.1) is 0 Å². The van der Waals surface area contributed by atoms with Crippen LogP contribution in [0.4, 0.5) is 0 Å². The summed E-state index contributed by atoms with van der Waals surface area (Å²) >= 11 is 0. The van der Waals surface area contributed by atoms with Crippen LogP contribution < -0.4 is 0 Å². The molecular formula is C28H32. The van der Waals surface area contributed by atoms with Gasteiger partial charge in [0.1, 0.15) is 0 Å². The minimum atomic E-state index is 0.246. The summed E-state index contributed by atoms with van der Waals surface area (Å²) in [5, 5.41) is 0. The highest BCUT2D eigenvalue weighted by Crippen LogP contribution is 2.45. The van der Waals surface area contributed by atoms with Gasteiger partial charge in [-0.1, -0.05) is 98.7 Å². The number of rotatable bonds is 4. The van der Waals surface area contributed by atoms with Gasteiger partial charge in [-0.05, 0) is 65.8 Å². The highest BCUT2D eigenvalue weighted by Gasteiger charge is 2.28. The Morgan fingerprint density at radius 2 is 1.54 bits per heavy atom. The number of hydrogen-bond acceptors (Lipinski definition) is 0. The molecular weight excluding hydrogens is 336 g/mol. The summed E-state index contributed by atoms with van der Waals surface area (Å²) in [6.45, 7) is 11.6. The highest BCUT2D eigenvalue weighted by molar-refractivity contribution is 5.81. The summed E-state index contributed by atoms with van der Waals surface area (Å²) in [6, 6.07) is 17.6.